The number of nitrogens with one attached hydrogen (secondary N) is 1. The zero-order chi connectivity index (χ0) is 11.7. The minimum Gasteiger partial charge on any atom is -0.392 e. The molecule has 0 radical (unpaired) electrons. The van der Waals surface area contributed by atoms with Gasteiger partial charge in [0.05, 0.1) is 12.2 Å². The Morgan fingerprint density at radius 1 is 1.12 bits per heavy atom. The molecule has 94 valence electrons. The highest BCUT2D eigenvalue weighted by molar-refractivity contribution is 5.01. The highest BCUT2D eigenvalue weighted by Crippen LogP contribution is 2.40. The van der Waals surface area contributed by atoms with Gasteiger partial charge in [-0.25, -0.2) is 0 Å². The molecule has 0 aromatic heterocycles. The molecule has 2 aliphatic carbocycles. The number of hydrogen-bond acceptors (Lipinski definition) is 4. The summed E-state index contributed by atoms with van der Waals surface area (Å²) in [6, 6.07) is -0.119. The van der Waals surface area contributed by atoms with Crippen LogP contribution in [0.5, 0.6) is 0 Å². The van der Waals surface area contributed by atoms with Gasteiger partial charge in [0.2, 0.25) is 0 Å². The van der Waals surface area contributed by atoms with Crippen molar-refractivity contribution < 1.29 is 10.2 Å². The second-order valence-corrected chi connectivity index (χ2v) is 5.29. The summed E-state index contributed by atoms with van der Waals surface area (Å²) in [4.78, 5) is 0. The van der Waals surface area contributed by atoms with Crippen LogP contribution in [0.15, 0.2) is 0 Å². The van der Waals surface area contributed by atoms with Gasteiger partial charge in [-0.2, -0.15) is 0 Å². The first kappa shape index (κ1) is 12.3. The van der Waals surface area contributed by atoms with E-state index in [2.05, 4.69) is 5.32 Å². The molecule has 0 bridgehead atoms. The van der Waals surface area contributed by atoms with Crippen molar-refractivity contribution >= 4 is 0 Å². The molecule has 0 heterocycles. The molecule has 2 saturated carbocycles. The molecule has 0 aromatic carbocycles. The van der Waals surface area contributed by atoms with Crippen LogP contribution >= 0.6 is 0 Å². The number of aliphatic hydroxyl groups excluding tert-OH is 2. The molecule has 2 fully saturated rings. The fraction of sp³-hybridized carbons (Fsp3) is 1.00. The van der Waals surface area contributed by atoms with E-state index in [1.54, 1.807) is 0 Å². The second kappa shape index (κ2) is 5.00. The van der Waals surface area contributed by atoms with Crippen molar-refractivity contribution in [3.63, 3.8) is 0 Å². The predicted molar refractivity (Wildman–Crippen MR) is 62.9 cm³/mol. The van der Waals surface area contributed by atoms with Crippen molar-refractivity contribution in [1.29, 1.82) is 0 Å². The van der Waals surface area contributed by atoms with E-state index in [-0.39, 0.29) is 24.1 Å². The lowest BCUT2D eigenvalue weighted by molar-refractivity contribution is -0.0379. The summed E-state index contributed by atoms with van der Waals surface area (Å²) in [5.41, 5.74) is 6.11. The quantitative estimate of drug-likeness (QED) is 0.529. The van der Waals surface area contributed by atoms with E-state index < -0.39 is 6.10 Å². The highest BCUT2D eigenvalue weighted by atomic mass is 16.3. The zero-order valence-corrected chi connectivity index (χ0v) is 9.97. The molecule has 6 atom stereocenters. The van der Waals surface area contributed by atoms with Crippen LogP contribution in [-0.4, -0.2) is 41.0 Å². The van der Waals surface area contributed by atoms with Gasteiger partial charge in [-0.05, 0) is 44.1 Å². The largest absolute Gasteiger partial charge is 0.392 e. The van der Waals surface area contributed by atoms with Gasteiger partial charge in [-0.1, -0.05) is 6.92 Å². The third kappa shape index (κ3) is 2.12. The lowest BCUT2D eigenvalue weighted by Gasteiger charge is -2.48. The van der Waals surface area contributed by atoms with Gasteiger partial charge in [-0.3, -0.25) is 0 Å². The molecular formula is C12H24N2O2. The van der Waals surface area contributed by atoms with Crippen molar-refractivity contribution in [3.8, 4) is 0 Å². The first-order valence-corrected chi connectivity index (χ1v) is 6.50. The fourth-order valence-corrected chi connectivity index (χ4v) is 3.54. The van der Waals surface area contributed by atoms with Gasteiger partial charge in [-0.15, -0.1) is 0 Å². The van der Waals surface area contributed by atoms with Crippen molar-refractivity contribution in [2.24, 2.45) is 17.6 Å². The van der Waals surface area contributed by atoms with Gasteiger partial charge in [0.25, 0.3) is 0 Å². The topological polar surface area (TPSA) is 78.5 Å². The van der Waals surface area contributed by atoms with Crippen molar-refractivity contribution in [2.45, 2.75) is 56.9 Å². The van der Waals surface area contributed by atoms with Gasteiger partial charge in [0.1, 0.15) is 0 Å². The minimum absolute atomic E-state index is 0.0636. The Bertz CT molecular complexity index is 233. The summed E-state index contributed by atoms with van der Waals surface area (Å²) < 4.78 is 0. The first-order chi connectivity index (χ1) is 7.65. The maximum absolute atomic E-state index is 10.0. The lowest BCUT2D eigenvalue weighted by Crippen LogP contribution is -2.61. The van der Waals surface area contributed by atoms with Crippen molar-refractivity contribution in [2.75, 3.05) is 6.54 Å². The summed E-state index contributed by atoms with van der Waals surface area (Å²) in [6.45, 7) is 2.88. The van der Waals surface area contributed by atoms with Gasteiger partial charge < -0.3 is 21.3 Å². The Hall–Kier alpha value is -0.160. The predicted octanol–water partition coefficient (Wildman–Crippen LogP) is -0.166. The van der Waals surface area contributed by atoms with Gasteiger partial charge in [0, 0.05) is 12.1 Å². The van der Waals surface area contributed by atoms with E-state index in [0.29, 0.717) is 5.92 Å². The molecule has 4 heteroatoms. The Labute approximate surface area is 97.2 Å². The first-order valence-electron chi connectivity index (χ1n) is 6.50. The molecule has 0 spiro atoms. The Balaban J connectivity index is 2.13. The Morgan fingerprint density at radius 3 is 2.38 bits per heavy atom. The second-order valence-electron chi connectivity index (χ2n) is 5.29. The van der Waals surface area contributed by atoms with Gasteiger partial charge in [0.15, 0.2) is 0 Å². The van der Waals surface area contributed by atoms with Crippen LogP contribution in [0.25, 0.3) is 0 Å². The van der Waals surface area contributed by atoms with Crippen LogP contribution in [0.1, 0.15) is 32.6 Å². The molecule has 0 aromatic rings. The summed E-state index contributed by atoms with van der Waals surface area (Å²) in [6.07, 6.45) is 3.08. The van der Waals surface area contributed by atoms with E-state index in [4.69, 9.17) is 5.73 Å². The van der Waals surface area contributed by atoms with Crippen LogP contribution in [0.2, 0.25) is 0 Å². The summed E-state index contributed by atoms with van der Waals surface area (Å²) >= 11 is 0. The molecular weight excluding hydrogens is 204 g/mol. The Kier molecular flexibility index (Phi) is 3.85. The number of likely N-dealkylation sites (N-methyl/N-ethyl adjacent to an activating group) is 1. The average Bonchev–Trinajstić information content (AvgIpc) is 2.27. The molecule has 2 aliphatic rings. The number of fused-ring (bicyclic) bond motifs is 1. The molecule has 16 heavy (non-hydrogen) atoms. The van der Waals surface area contributed by atoms with E-state index in [1.165, 1.54) is 0 Å². The molecule has 0 saturated heterocycles. The average molecular weight is 228 g/mol. The standard InChI is InChI=1S/C12H24N2O2/c1-2-14-12-9(16)6-4-7-3-5-8(15)11(13)10(7)12/h7-12,14-16H,2-6,13H2,1H3. The summed E-state index contributed by atoms with van der Waals surface area (Å²) in [5, 5.41) is 23.2. The fourth-order valence-electron chi connectivity index (χ4n) is 3.54. The number of aliphatic hydroxyl groups is 2. The maximum atomic E-state index is 10.0. The highest BCUT2D eigenvalue weighted by Gasteiger charge is 2.45. The van der Waals surface area contributed by atoms with Gasteiger partial charge >= 0.3 is 0 Å². The molecule has 4 nitrogen and oxygen atoms in total. The molecule has 5 N–H and O–H groups in total. The van der Waals surface area contributed by atoms with Crippen LogP contribution in [-0.2, 0) is 0 Å². The smallest absolute Gasteiger partial charge is 0.0696 e. The maximum Gasteiger partial charge on any atom is 0.0696 e. The van der Waals surface area contributed by atoms with Crippen LogP contribution in [0.4, 0.5) is 0 Å². The number of hydrogen-bond donors (Lipinski definition) is 4. The van der Waals surface area contributed by atoms with E-state index in [1.807, 2.05) is 6.92 Å². The summed E-state index contributed by atoms with van der Waals surface area (Å²) in [5.74, 6) is 0.804. The zero-order valence-electron chi connectivity index (χ0n) is 9.97. The van der Waals surface area contributed by atoms with E-state index in [0.717, 1.165) is 32.2 Å². The third-order valence-corrected chi connectivity index (χ3v) is 4.37. The third-order valence-electron chi connectivity index (χ3n) is 4.37. The number of nitrogens with two attached hydrogens (primary N) is 1. The Morgan fingerprint density at radius 2 is 1.75 bits per heavy atom. The summed E-state index contributed by atoms with van der Waals surface area (Å²) in [7, 11) is 0. The number of rotatable bonds is 2. The molecule has 2 rings (SSSR count). The van der Waals surface area contributed by atoms with Crippen LogP contribution in [0, 0.1) is 11.8 Å². The van der Waals surface area contributed by atoms with E-state index >= 15 is 0 Å². The van der Waals surface area contributed by atoms with Crippen molar-refractivity contribution in [1.82, 2.24) is 5.32 Å². The minimum atomic E-state index is -0.396. The van der Waals surface area contributed by atoms with Crippen molar-refractivity contribution in [3.05, 3.63) is 0 Å². The molecule has 6 unspecified atom stereocenters. The molecule has 0 aliphatic heterocycles. The normalized spacial score (nSPS) is 48.8. The molecule has 0 amide bonds. The monoisotopic (exact) mass is 228 g/mol. The van der Waals surface area contributed by atoms with E-state index in [9.17, 15) is 10.2 Å². The van der Waals surface area contributed by atoms with Crippen LogP contribution < -0.4 is 11.1 Å². The SMILES string of the molecule is CCNC1C(O)CCC2CCC(O)C(N)C21. The van der Waals surface area contributed by atoms with Crippen LogP contribution in [0.3, 0.4) is 0 Å². The lowest BCUT2D eigenvalue weighted by atomic mass is 9.64.